The summed E-state index contributed by atoms with van der Waals surface area (Å²) in [6.07, 6.45) is 0. The SMILES string of the molecule is CCN1CC(c2ccc3c(c2)OCCO3)C1. The third-order valence-corrected chi connectivity index (χ3v) is 3.44. The van der Waals surface area contributed by atoms with Crippen LogP contribution in [0.3, 0.4) is 0 Å². The van der Waals surface area contributed by atoms with E-state index in [2.05, 4.69) is 24.0 Å². The van der Waals surface area contributed by atoms with Crippen LogP contribution in [0.2, 0.25) is 0 Å². The molecule has 1 aromatic carbocycles. The Morgan fingerprint density at radius 1 is 1.19 bits per heavy atom. The highest BCUT2D eigenvalue weighted by Crippen LogP contribution is 2.35. The van der Waals surface area contributed by atoms with Gasteiger partial charge in [0, 0.05) is 19.0 Å². The van der Waals surface area contributed by atoms with Crippen molar-refractivity contribution in [2.45, 2.75) is 12.8 Å². The van der Waals surface area contributed by atoms with Gasteiger partial charge < -0.3 is 14.4 Å². The van der Waals surface area contributed by atoms with Crippen molar-refractivity contribution < 1.29 is 9.47 Å². The van der Waals surface area contributed by atoms with Crippen LogP contribution >= 0.6 is 0 Å². The Morgan fingerprint density at radius 3 is 2.69 bits per heavy atom. The number of likely N-dealkylation sites (N-methyl/N-ethyl adjacent to an activating group) is 1. The summed E-state index contributed by atoms with van der Waals surface area (Å²) in [5.74, 6) is 2.48. The van der Waals surface area contributed by atoms with Crippen LogP contribution in [0.15, 0.2) is 18.2 Å². The lowest BCUT2D eigenvalue weighted by molar-refractivity contribution is 0.154. The van der Waals surface area contributed by atoms with Gasteiger partial charge in [-0.2, -0.15) is 0 Å². The van der Waals surface area contributed by atoms with Crippen LogP contribution < -0.4 is 9.47 Å². The smallest absolute Gasteiger partial charge is 0.161 e. The van der Waals surface area contributed by atoms with E-state index in [1.54, 1.807) is 0 Å². The zero-order valence-corrected chi connectivity index (χ0v) is 9.61. The zero-order valence-electron chi connectivity index (χ0n) is 9.61. The van der Waals surface area contributed by atoms with E-state index < -0.39 is 0 Å². The molecule has 16 heavy (non-hydrogen) atoms. The second-order valence-corrected chi connectivity index (χ2v) is 4.45. The Morgan fingerprint density at radius 2 is 1.94 bits per heavy atom. The highest BCUT2D eigenvalue weighted by molar-refractivity contribution is 5.45. The normalized spacial score (nSPS) is 20.6. The van der Waals surface area contributed by atoms with Crippen LogP contribution in [0.25, 0.3) is 0 Å². The standard InChI is InChI=1S/C13H17NO2/c1-2-14-8-11(9-14)10-3-4-12-13(7-10)16-6-5-15-12/h3-4,7,11H,2,5-6,8-9H2,1H3. The predicted molar refractivity (Wildman–Crippen MR) is 62.3 cm³/mol. The zero-order chi connectivity index (χ0) is 11.0. The third-order valence-electron chi connectivity index (χ3n) is 3.44. The maximum atomic E-state index is 5.60. The van der Waals surface area contributed by atoms with Crippen molar-refractivity contribution in [2.24, 2.45) is 0 Å². The monoisotopic (exact) mass is 219 g/mol. The van der Waals surface area contributed by atoms with Crippen molar-refractivity contribution in [3.05, 3.63) is 23.8 Å². The van der Waals surface area contributed by atoms with Crippen LogP contribution in [0.4, 0.5) is 0 Å². The van der Waals surface area contributed by atoms with Crippen LogP contribution in [0.5, 0.6) is 11.5 Å². The number of rotatable bonds is 2. The average Bonchev–Trinajstić information content (AvgIpc) is 2.27. The van der Waals surface area contributed by atoms with Gasteiger partial charge in [0.05, 0.1) is 0 Å². The molecule has 0 aromatic heterocycles. The second kappa shape index (κ2) is 3.98. The lowest BCUT2D eigenvalue weighted by Crippen LogP contribution is -2.44. The Bertz CT molecular complexity index is 386. The van der Waals surface area contributed by atoms with Crippen molar-refractivity contribution >= 4 is 0 Å². The first kappa shape index (κ1) is 9.97. The molecule has 1 aromatic rings. The van der Waals surface area contributed by atoms with E-state index >= 15 is 0 Å². The summed E-state index contributed by atoms with van der Waals surface area (Å²) in [5.41, 5.74) is 1.38. The Labute approximate surface area is 96.0 Å². The van der Waals surface area contributed by atoms with Crippen molar-refractivity contribution in [1.82, 2.24) is 4.90 Å². The molecule has 3 nitrogen and oxygen atoms in total. The lowest BCUT2D eigenvalue weighted by Gasteiger charge is -2.39. The van der Waals surface area contributed by atoms with Gasteiger partial charge in [-0.25, -0.2) is 0 Å². The van der Waals surface area contributed by atoms with Gasteiger partial charge in [-0.15, -0.1) is 0 Å². The van der Waals surface area contributed by atoms with E-state index in [-0.39, 0.29) is 0 Å². The maximum absolute atomic E-state index is 5.60. The summed E-state index contributed by atoms with van der Waals surface area (Å²) in [6, 6.07) is 6.36. The number of nitrogens with zero attached hydrogens (tertiary/aromatic N) is 1. The maximum Gasteiger partial charge on any atom is 0.161 e. The van der Waals surface area contributed by atoms with Crippen molar-refractivity contribution in [2.75, 3.05) is 32.8 Å². The van der Waals surface area contributed by atoms with Gasteiger partial charge in [0.1, 0.15) is 13.2 Å². The lowest BCUT2D eigenvalue weighted by atomic mass is 9.91. The van der Waals surface area contributed by atoms with Gasteiger partial charge in [0.25, 0.3) is 0 Å². The molecule has 2 aliphatic heterocycles. The molecule has 1 fully saturated rings. The quantitative estimate of drug-likeness (QED) is 0.758. The number of likely N-dealkylation sites (tertiary alicyclic amines) is 1. The summed E-state index contributed by atoms with van der Waals surface area (Å²) in [5, 5.41) is 0. The summed E-state index contributed by atoms with van der Waals surface area (Å²) < 4.78 is 11.1. The molecule has 0 bridgehead atoms. The van der Waals surface area contributed by atoms with Crippen LogP contribution in [0, 0.1) is 0 Å². The molecule has 0 saturated carbocycles. The van der Waals surface area contributed by atoms with Crippen LogP contribution in [0.1, 0.15) is 18.4 Å². The van der Waals surface area contributed by atoms with E-state index in [0.29, 0.717) is 19.1 Å². The largest absolute Gasteiger partial charge is 0.486 e. The Kier molecular flexibility index (Phi) is 2.48. The molecule has 3 heteroatoms. The van der Waals surface area contributed by atoms with E-state index in [1.165, 1.54) is 18.7 Å². The van der Waals surface area contributed by atoms with Crippen molar-refractivity contribution in [3.63, 3.8) is 0 Å². The molecular weight excluding hydrogens is 202 g/mol. The number of ether oxygens (including phenoxy) is 2. The van der Waals surface area contributed by atoms with Crippen LogP contribution in [-0.4, -0.2) is 37.7 Å². The minimum Gasteiger partial charge on any atom is -0.486 e. The molecule has 0 aliphatic carbocycles. The average molecular weight is 219 g/mol. The van der Waals surface area contributed by atoms with E-state index in [1.807, 2.05) is 6.07 Å². The number of hydrogen-bond donors (Lipinski definition) is 0. The minimum atomic E-state index is 0.666. The van der Waals surface area contributed by atoms with Crippen molar-refractivity contribution in [3.8, 4) is 11.5 Å². The Hall–Kier alpha value is -1.22. The molecule has 0 unspecified atom stereocenters. The molecular formula is C13H17NO2. The summed E-state index contributed by atoms with van der Waals surface area (Å²) in [4.78, 5) is 2.45. The molecule has 86 valence electrons. The van der Waals surface area contributed by atoms with Gasteiger partial charge in [-0.1, -0.05) is 13.0 Å². The van der Waals surface area contributed by atoms with Gasteiger partial charge in [-0.3, -0.25) is 0 Å². The molecule has 0 atom stereocenters. The first-order valence-electron chi connectivity index (χ1n) is 5.98. The molecule has 0 spiro atoms. The molecule has 0 N–H and O–H groups in total. The predicted octanol–water partition coefficient (Wildman–Crippen LogP) is 1.88. The van der Waals surface area contributed by atoms with E-state index in [9.17, 15) is 0 Å². The van der Waals surface area contributed by atoms with Gasteiger partial charge >= 0.3 is 0 Å². The number of fused-ring (bicyclic) bond motifs is 1. The highest BCUT2D eigenvalue weighted by Gasteiger charge is 2.27. The molecule has 2 aliphatic rings. The minimum absolute atomic E-state index is 0.666. The third kappa shape index (κ3) is 1.65. The van der Waals surface area contributed by atoms with Crippen molar-refractivity contribution in [1.29, 1.82) is 0 Å². The van der Waals surface area contributed by atoms with E-state index in [4.69, 9.17) is 9.47 Å². The van der Waals surface area contributed by atoms with E-state index in [0.717, 1.165) is 18.0 Å². The molecule has 1 saturated heterocycles. The first-order valence-corrected chi connectivity index (χ1v) is 5.98. The fraction of sp³-hybridized carbons (Fsp3) is 0.538. The summed E-state index contributed by atoms with van der Waals surface area (Å²) in [7, 11) is 0. The van der Waals surface area contributed by atoms with Gasteiger partial charge in [0.15, 0.2) is 11.5 Å². The van der Waals surface area contributed by atoms with Gasteiger partial charge in [-0.05, 0) is 24.2 Å². The first-order chi connectivity index (χ1) is 7.86. The molecule has 3 rings (SSSR count). The molecule has 0 amide bonds. The fourth-order valence-corrected chi connectivity index (χ4v) is 2.35. The topological polar surface area (TPSA) is 21.7 Å². The molecule has 2 heterocycles. The summed E-state index contributed by atoms with van der Waals surface area (Å²) >= 11 is 0. The molecule has 0 radical (unpaired) electrons. The number of benzene rings is 1. The van der Waals surface area contributed by atoms with Crippen LogP contribution in [-0.2, 0) is 0 Å². The fourth-order valence-electron chi connectivity index (χ4n) is 2.35. The summed E-state index contributed by atoms with van der Waals surface area (Å²) in [6.45, 7) is 7.05. The Balaban J connectivity index is 1.76. The highest BCUT2D eigenvalue weighted by atomic mass is 16.6. The van der Waals surface area contributed by atoms with Gasteiger partial charge in [0.2, 0.25) is 0 Å². The number of hydrogen-bond acceptors (Lipinski definition) is 3. The second-order valence-electron chi connectivity index (χ2n) is 4.45.